The first-order valence-corrected chi connectivity index (χ1v) is 7.22. The maximum Gasteiger partial charge on any atom is -0.0151 e. The lowest BCUT2D eigenvalue weighted by molar-refractivity contribution is 0.0384. The molecule has 0 N–H and O–H groups in total. The second-order valence-corrected chi connectivity index (χ2v) is 8.35. The predicted octanol–water partition coefficient (Wildman–Crippen LogP) is 5.54. The summed E-state index contributed by atoms with van der Waals surface area (Å²) in [5.74, 6) is 3.13. The molecule has 1 aliphatic carbocycles. The number of hydrogen-bond acceptors (Lipinski definition) is 0. The molecule has 1 aliphatic rings. The van der Waals surface area contributed by atoms with Crippen LogP contribution in [0.4, 0.5) is 0 Å². The van der Waals surface area contributed by atoms with Crippen molar-refractivity contribution in [2.24, 2.45) is 34.5 Å². The summed E-state index contributed by atoms with van der Waals surface area (Å²) in [6.45, 7) is 19.2. The molecule has 1 rings (SSSR count). The summed E-state index contributed by atoms with van der Waals surface area (Å²) in [7, 11) is 0. The third-order valence-electron chi connectivity index (χ3n) is 4.49. The van der Waals surface area contributed by atoms with E-state index in [4.69, 9.17) is 0 Å². The van der Waals surface area contributed by atoms with Crippen molar-refractivity contribution >= 4 is 0 Å². The van der Waals surface area contributed by atoms with Crippen molar-refractivity contribution in [3.05, 3.63) is 12.2 Å². The summed E-state index contributed by atoms with van der Waals surface area (Å²) < 4.78 is 0. The molecular formula is C17H32. The van der Waals surface area contributed by atoms with Crippen molar-refractivity contribution in [2.75, 3.05) is 0 Å². The van der Waals surface area contributed by atoms with E-state index in [1.54, 1.807) is 0 Å². The van der Waals surface area contributed by atoms with E-state index < -0.39 is 0 Å². The zero-order valence-electron chi connectivity index (χ0n) is 13.2. The first-order chi connectivity index (χ1) is 7.55. The maximum atomic E-state index is 2.49. The van der Waals surface area contributed by atoms with Crippen molar-refractivity contribution in [1.29, 1.82) is 0 Å². The Morgan fingerprint density at radius 1 is 0.941 bits per heavy atom. The van der Waals surface area contributed by atoms with E-state index >= 15 is 0 Å². The summed E-state index contributed by atoms with van der Waals surface area (Å²) in [5, 5.41) is 0. The van der Waals surface area contributed by atoms with Crippen LogP contribution in [0.25, 0.3) is 0 Å². The van der Waals surface area contributed by atoms with Gasteiger partial charge in [0.2, 0.25) is 0 Å². The first kappa shape index (κ1) is 14.8. The SMILES string of the molecule is CC(C)C1C(C(C)(C)C)C=CCC1C(C)(C)C. The van der Waals surface area contributed by atoms with Gasteiger partial charge >= 0.3 is 0 Å². The smallest absolute Gasteiger partial charge is 0.0151 e. The Morgan fingerprint density at radius 2 is 1.47 bits per heavy atom. The van der Waals surface area contributed by atoms with Gasteiger partial charge in [-0.2, -0.15) is 0 Å². The molecule has 0 saturated carbocycles. The topological polar surface area (TPSA) is 0 Å². The second kappa shape index (κ2) is 4.78. The fraction of sp³-hybridized carbons (Fsp3) is 0.882. The molecule has 0 aromatic heterocycles. The fourth-order valence-corrected chi connectivity index (χ4v) is 3.58. The third-order valence-corrected chi connectivity index (χ3v) is 4.49. The molecule has 0 amide bonds. The van der Waals surface area contributed by atoms with Gasteiger partial charge < -0.3 is 0 Å². The van der Waals surface area contributed by atoms with Gasteiger partial charge in [-0.25, -0.2) is 0 Å². The van der Waals surface area contributed by atoms with E-state index in [-0.39, 0.29) is 0 Å². The van der Waals surface area contributed by atoms with Gasteiger partial charge in [-0.05, 0) is 40.9 Å². The Labute approximate surface area is 109 Å². The van der Waals surface area contributed by atoms with Crippen LogP contribution < -0.4 is 0 Å². The Kier molecular flexibility index (Phi) is 4.16. The van der Waals surface area contributed by atoms with Crippen molar-refractivity contribution in [3.8, 4) is 0 Å². The van der Waals surface area contributed by atoms with Gasteiger partial charge in [-0.15, -0.1) is 0 Å². The minimum Gasteiger partial charge on any atom is -0.0879 e. The lowest BCUT2D eigenvalue weighted by Crippen LogP contribution is -2.41. The van der Waals surface area contributed by atoms with Crippen LogP contribution in [-0.4, -0.2) is 0 Å². The summed E-state index contributed by atoms with van der Waals surface area (Å²) in [5.41, 5.74) is 0.804. The van der Waals surface area contributed by atoms with Crippen LogP contribution in [0.2, 0.25) is 0 Å². The highest BCUT2D eigenvalue weighted by atomic mass is 14.5. The van der Waals surface area contributed by atoms with Crippen molar-refractivity contribution in [1.82, 2.24) is 0 Å². The molecule has 0 heteroatoms. The second-order valence-electron chi connectivity index (χ2n) is 8.35. The highest BCUT2D eigenvalue weighted by Crippen LogP contribution is 2.50. The summed E-state index contributed by atoms with van der Waals surface area (Å²) in [6.07, 6.45) is 6.19. The molecule has 0 radical (unpaired) electrons. The lowest BCUT2D eigenvalue weighted by atomic mass is 9.56. The molecule has 0 fully saturated rings. The number of hydrogen-bond donors (Lipinski definition) is 0. The van der Waals surface area contributed by atoms with Crippen LogP contribution in [0.15, 0.2) is 12.2 Å². The van der Waals surface area contributed by atoms with E-state index in [2.05, 4.69) is 67.5 Å². The van der Waals surface area contributed by atoms with Crippen molar-refractivity contribution < 1.29 is 0 Å². The van der Waals surface area contributed by atoms with Crippen LogP contribution in [0.3, 0.4) is 0 Å². The fourth-order valence-electron chi connectivity index (χ4n) is 3.58. The largest absolute Gasteiger partial charge is 0.0879 e. The van der Waals surface area contributed by atoms with Gasteiger partial charge in [0, 0.05) is 0 Å². The average molecular weight is 236 g/mol. The normalized spacial score (nSPS) is 31.0. The molecule has 0 bridgehead atoms. The third kappa shape index (κ3) is 3.36. The molecule has 3 atom stereocenters. The van der Waals surface area contributed by atoms with E-state index in [1.165, 1.54) is 6.42 Å². The molecule has 0 saturated heterocycles. The number of rotatable bonds is 1. The zero-order chi connectivity index (χ0) is 13.4. The van der Waals surface area contributed by atoms with E-state index in [0.717, 1.165) is 23.7 Å². The molecule has 0 aromatic carbocycles. The van der Waals surface area contributed by atoms with Gasteiger partial charge in [0.15, 0.2) is 0 Å². The van der Waals surface area contributed by atoms with Crippen LogP contribution in [0.1, 0.15) is 61.8 Å². The minimum absolute atomic E-state index is 0.384. The van der Waals surface area contributed by atoms with Crippen LogP contribution in [0, 0.1) is 34.5 Å². The van der Waals surface area contributed by atoms with Gasteiger partial charge in [0.05, 0.1) is 0 Å². The van der Waals surface area contributed by atoms with Gasteiger partial charge in [-0.3, -0.25) is 0 Å². The van der Waals surface area contributed by atoms with Crippen LogP contribution >= 0.6 is 0 Å². The molecule has 0 aliphatic heterocycles. The molecule has 3 unspecified atom stereocenters. The Hall–Kier alpha value is -0.260. The molecule has 17 heavy (non-hydrogen) atoms. The predicted molar refractivity (Wildman–Crippen MR) is 78.0 cm³/mol. The highest BCUT2D eigenvalue weighted by Gasteiger charge is 2.42. The Bertz CT molecular complexity index is 269. The Balaban J connectivity index is 3.09. The van der Waals surface area contributed by atoms with Gasteiger partial charge in [0.25, 0.3) is 0 Å². The molecule has 0 nitrogen and oxygen atoms in total. The molecule has 100 valence electrons. The first-order valence-electron chi connectivity index (χ1n) is 7.22. The van der Waals surface area contributed by atoms with Gasteiger partial charge in [-0.1, -0.05) is 67.5 Å². The van der Waals surface area contributed by atoms with Crippen molar-refractivity contribution in [3.63, 3.8) is 0 Å². The lowest BCUT2D eigenvalue weighted by Gasteiger charge is -2.48. The molecular weight excluding hydrogens is 204 g/mol. The van der Waals surface area contributed by atoms with E-state index in [1.807, 2.05) is 0 Å². The minimum atomic E-state index is 0.384. The van der Waals surface area contributed by atoms with E-state index in [0.29, 0.717) is 10.8 Å². The summed E-state index contributed by atoms with van der Waals surface area (Å²) >= 11 is 0. The summed E-state index contributed by atoms with van der Waals surface area (Å²) in [6, 6.07) is 0. The number of allylic oxidation sites excluding steroid dienone is 2. The monoisotopic (exact) mass is 236 g/mol. The molecule has 0 heterocycles. The molecule has 0 aromatic rings. The average Bonchev–Trinajstić information content (AvgIpc) is 2.13. The maximum absolute atomic E-state index is 2.49. The van der Waals surface area contributed by atoms with Crippen LogP contribution in [-0.2, 0) is 0 Å². The summed E-state index contributed by atoms with van der Waals surface area (Å²) in [4.78, 5) is 0. The van der Waals surface area contributed by atoms with Gasteiger partial charge in [0.1, 0.15) is 0 Å². The highest BCUT2D eigenvalue weighted by molar-refractivity contribution is 5.07. The van der Waals surface area contributed by atoms with Crippen molar-refractivity contribution in [2.45, 2.75) is 61.8 Å². The van der Waals surface area contributed by atoms with Crippen LogP contribution in [0.5, 0.6) is 0 Å². The van der Waals surface area contributed by atoms with E-state index in [9.17, 15) is 0 Å². The standard InChI is InChI=1S/C17H32/c1-12(2)15-13(16(3,4)5)10-9-11-14(15)17(6,7)8/h9-10,12-15H,11H2,1-8H3. The molecule has 0 spiro atoms. The Morgan fingerprint density at radius 3 is 1.82 bits per heavy atom. The zero-order valence-corrected chi connectivity index (χ0v) is 13.2. The quantitative estimate of drug-likeness (QED) is 0.524.